The van der Waals surface area contributed by atoms with E-state index in [-0.39, 0.29) is 0 Å². The molecule has 0 rings (SSSR count). The summed E-state index contributed by atoms with van der Waals surface area (Å²) >= 11 is 0. The lowest BCUT2D eigenvalue weighted by Crippen LogP contribution is -2.23. The highest BCUT2D eigenvalue weighted by Gasteiger charge is 2.18. The fourth-order valence-corrected chi connectivity index (χ4v) is 2.45. The number of unbranched alkanes of at least 4 members (excludes halogenated alkanes) is 5. The van der Waals surface area contributed by atoms with E-state index in [2.05, 4.69) is 13.8 Å². The molecular weight excluding hydrogens is 248 g/mol. The van der Waals surface area contributed by atoms with Crippen LogP contribution in [-0.4, -0.2) is 16.5 Å². The third kappa shape index (κ3) is 12.7. The highest BCUT2D eigenvalue weighted by Crippen LogP contribution is 2.22. The zero-order chi connectivity index (χ0) is 15.4. The van der Waals surface area contributed by atoms with Crippen LogP contribution in [0.3, 0.4) is 0 Å². The Bertz CT molecular complexity index is 246. The molecule has 0 aromatic heterocycles. The van der Waals surface area contributed by atoms with Crippen LogP contribution in [0.5, 0.6) is 0 Å². The van der Waals surface area contributed by atoms with Crippen molar-refractivity contribution in [1.82, 2.24) is 0 Å². The summed E-state index contributed by atoms with van der Waals surface area (Å²) in [5.41, 5.74) is -0.467. The molecule has 2 nitrogen and oxygen atoms in total. The zero-order valence-corrected chi connectivity index (χ0v) is 14.2. The molecule has 0 aromatic carbocycles. The van der Waals surface area contributed by atoms with Crippen LogP contribution in [0.2, 0.25) is 0 Å². The van der Waals surface area contributed by atoms with Gasteiger partial charge in [0.25, 0.3) is 0 Å². The van der Waals surface area contributed by atoms with Crippen molar-refractivity contribution in [1.29, 1.82) is 0 Å². The normalized spacial score (nSPS) is 15.8. The van der Waals surface area contributed by atoms with Crippen LogP contribution in [0.25, 0.3) is 0 Å². The molecule has 0 amide bonds. The Hall–Kier alpha value is -0.370. The Morgan fingerprint density at radius 2 is 1.60 bits per heavy atom. The van der Waals surface area contributed by atoms with E-state index in [0.717, 1.165) is 38.0 Å². The Balaban J connectivity index is 3.35. The van der Waals surface area contributed by atoms with Gasteiger partial charge in [-0.05, 0) is 45.4 Å². The molecule has 0 aromatic rings. The van der Waals surface area contributed by atoms with Crippen LogP contribution in [0, 0.1) is 5.92 Å². The quantitative estimate of drug-likeness (QED) is 0.468. The predicted octanol–water partition coefficient (Wildman–Crippen LogP) is 5.27. The maximum absolute atomic E-state index is 10.8. The number of Topliss-reactive ketones (excluding diaryl/α,β-unsaturated/α-hetero) is 1. The molecule has 0 radical (unpaired) electrons. The molecule has 0 bridgehead atoms. The van der Waals surface area contributed by atoms with Gasteiger partial charge in [0, 0.05) is 6.42 Å². The second-order valence-electron chi connectivity index (χ2n) is 6.86. The van der Waals surface area contributed by atoms with Gasteiger partial charge in [-0.1, -0.05) is 52.4 Å². The first-order valence-electron chi connectivity index (χ1n) is 8.59. The number of ketones is 1. The summed E-state index contributed by atoms with van der Waals surface area (Å²) < 4.78 is 0. The second kappa shape index (κ2) is 11.3. The van der Waals surface area contributed by atoms with Gasteiger partial charge in [-0.2, -0.15) is 0 Å². The van der Waals surface area contributed by atoms with Crippen molar-refractivity contribution < 1.29 is 9.90 Å². The van der Waals surface area contributed by atoms with Gasteiger partial charge in [-0.25, -0.2) is 0 Å². The lowest BCUT2D eigenvalue weighted by atomic mass is 9.90. The number of hydrogen-bond donors (Lipinski definition) is 1. The molecule has 2 atom stereocenters. The summed E-state index contributed by atoms with van der Waals surface area (Å²) in [5, 5.41) is 9.98. The van der Waals surface area contributed by atoms with Crippen molar-refractivity contribution >= 4 is 5.78 Å². The van der Waals surface area contributed by atoms with E-state index in [4.69, 9.17) is 0 Å². The van der Waals surface area contributed by atoms with Crippen LogP contribution >= 0.6 is 0 Å². The summed E-state index contributed by atoms with van der Waals surface area (Å²) in [7, 11) is 0. The summed E-state index contributed by atoms with van der Waals surface area (Å²) in [6, 6.07) is 0. The van der Waals surface area contributed by atoms with Crippen molar-refractivity contribution in [2.75, 3.05) is 0 Å². The van der Waals surface area contributed by atoms with Gasteiger partial charge in [-0.15, -0.1) is 0 Å². The first-order chi connectivity index (χ1) is 9.37. The molecule has 0 spiro atoms. The SMILES string of the molecule is CCC(C)(O)CCC(C)CCCCCCCCC(C)=O. The van der Waals surface area contributed by atoms with Gasteiger partial charge >= 0.3 is 0 Å². The molecule has 2 heteroatoms. The third-order valence-corrected chi connectivity index (χ3v) is 4.41. The van der Waals surface area contributed by atoms with Crippen molar-refractivity contribution in [2.24, 2.45) is 5.92 Å². The van der Waals surface area contributed by atoms with Gasteiger partial charge in [0.2, 0.25) is 0 Å². The standard InChI is InChI=1S/C18H36O2/c1-5-18(4,20)15-14-16(2)12-10-8-6-7-9-11-13-17(3)19/h16,20H,5-15H2,1-4H3. The van der Waals surface area contributed by atoms with Gasteiger partial charge in [0.15, 0.2) is 0 Å². The van der Waals surface area contributed by atoms with E-state index in [1.807, 2.05) is 6.92 Å². The van der Waals surface area contributed by atoms with Crippen LogP contribution in [0.1, 0.15) is 98.3 Å². The van der Waals surface area contributed by atoms with E-state index in [1.165, 1.54) is 38.5 Å². The minimum Gasteiger partial charge on any atom is -0.390 e. The van der Waals surface area contributed by atoms with Crippen LogP contribution < -0.4 is 0 Å². The van der Waals surface area contributed by atoms with E-state index in [1.54, 1.807) is 6.92 Å². The lowest BCUT2D eigenvalue weighted by molar-refractivity contribution is -0.117. The molecule has 0 saturated heterocycles. The second-order valence-corrected chi connectivity index (χ2v) is 6.86. The average Bonchev–Trinajstić information content (AvgIpc) is 2.39. The fraction of sp³-hybridized carbons (Fsp3) is 0.944. The smallest absolute Gasteiger partial charge is 0.129 e. The van der Waals surface area contributed by atoms with Gasteiger partial charge in [0.05, 0.1) is 5.60 Å². The van der Waals surface area contributed by atoms with Gasteiger partial charge < -0.3 is 9.90 Å². The Morgan fingerprint density at radius 1 is 1.05 bits per heavy atom. The molecule has 120 valence electrons. The molecule has 0 aliphatic carbocycles. The van der Waals surface area contributed by atoms with Crippen LogP contribution in [0.4, 0.5) is 0 Å². The van der Waals surface area contributed by atoms with Crippen LogP contribution in [-0.2, 0) is 4.79 Å². The molecule has 0 saturated carbocycles. The molecular formula is C18H36O2. The molecule has 2 unspecified atom stereocenters. The van der Waals surface area contributed by atoms with Crippen molar-refractivity contribution in [3.63, 3.8) is 0 Å². The minimum absolute atomic E-state index is 0.321. The number of aliphatic hydroxyl groups is 1. The predicted molar refractivity (Wildman–Crippen MR) is 86.9 cm³/mol. The zero-order valence-electron chi connectivity index (χ0n) is 14.2. The minimum atomic E-state index is -0.467. The van der Waals surface area contributed by atoms with E-state index < -0.39 is 5.60 Å². The average molecular weight is 284 g/mol. The Labute approximate surface area is 126 Å². The topological polar surface area (TPSA) is 37.3 Å². The number of hydrogen-bond acceptors (Lipinski definition) is 2. The first-order valence-corrected chi connectivity index (χ1v) is 8.59. The van der Waals surface area contributed by atoms with Gasteiger partial charge in [0.1, 0.15) is 5.78 Å². The highest BCUT2D eigenvalue weighted by molar-refractivity contribution is 5.75. The van der Waals surface area contributed by atoms with E-state index >= 15 is 0 Å². The summed E-state index contributed by atoms with van der Waals surface area (Å²) in [6.45, 7) is 7.98. The molecule has 0 aliphatic heterocycles. The summed E-state index contributed by atoms with van der Waals surface area (Å²) in [6.07, 6.45) is 12.4. The fourth-order valence-electron chi connectivity index (χ4n) is 2.45. The lowest BCUT2D eigenvalue weighted by Gasteiger charge is -2.23. The van der Waals surface area contributed by atoms with E-state index in [9.17, 15) is 9.90 Å². The molecule has 20 heavy (non-hydrogen) atoms. The molecule has 0 heterocycles. The maximum Gasteiger partial charge on any atom is 0.129 e. The summed E-state index contributed by atoms with van der Waals surface area (Å²) in [4.78, 5) is 10.8. The van der Waals surface area contributed by atoms with Crippen molar-refractivity contribution in [2.45, 2.75) is 104 Å². The van der Waals surface area contributed by atoms with Crippen LogP contribution in [0.15, 0.2) is 0 Å². The monoisotopic (exact) mass is 284 g/mol. The molecule has 0 aliphatic rings. The summed E-state index contributed by atoms with van der Waals surface area (Å²) in [5.74, 6) is 1.05. The Morgan fingerprint density at radius 3 is 2.15 bits per heavy atom. The molecule has 1 N–H and O–H groups in total. The van der Waals surface area contributed by atoms with Crippen molar-refractivity contribution in [3.05, 3.63) is 0 Å². The first kappa shape index (κ1) is 19.6. The highest BCUT2D eigenvalue weighted by atomic mass is 16.3. The number of rotatable bonds is 13. The number of carbonyl (C=O) groups is 1. The third-order valence-electron chi connectivity index (χ3n) is 4.41. The Kier molecular flexibility index (Phi) is 11.1. The van der Waals surface area contributed by atoms with Gasteiger partial charge in [-0.3, -0.25) is 0 Å². The number of carbonyl (C=O) groups excluding carboxylic acids is 1. The van der Waals surface area contributed by atoms with E-state index in [0.29, 0.717) is 5.78 Å². The maximum atomic E-state index is 10.8. The largest absolute Gasteiger partial charge is 0.390 e. The molecule has 0 fully saturated rings. The van der Waals surface area contributed by atoms with Crippen molar-refractivity contribution in [3.8, 4) is 0 Å².